The van der Waals surface area contributed by atoms with E-state index in [4.69, 9.17) is 4.74 Å². The Labute approximate surface area is 201 Å². The molecule has 2 aliphatic rings. The number of halogens is 3. The molecule has 6 nitrogen and oxygen atoms in total. The molecular weight excluding hydrogens is 457 g/mol. The second kappa shape index (κ2) is 8.64. The van der Waals surface area contributed by atoms with Crippen LogP contribution in [0.5, 0.6) is 0 Å². The van der Waals surface area contributed by atoms with Crippen LogP contribution in [0.25, 0.3) is 22.2 Å². The van der Waals surface area contributed by atoms with Gasteiger partial charge in [-0.3, -0.25) is 4.79 Å². The van der Waals surface area contributed by atoms with Gasteiger partial charge < -0.3 is 19.9 Å². The van der Waals surface area contributed by atoms with E-state index in [1.807, 2.05) is 19.3 Å². The molecule has 1 unspecified atom stereocenters. The largest absolute Gasteiger partial charge is 0.426 e. The molecule has 0 bridgehead atoms. The number of benzene rings is 1. The van der Waals surface area contributed by atoms with Gasteiger partial charge in [-0.15, -0.1) is 0 Å². The van der Waals surface area contributed by atoms with E-state index in [9.17, 15) is 18.0 Å². The Hall–Kier alpha value is -2.91. The molecule has 2 N–H and O–H groups in total. The van der Waals surface area contributed by atoms with Gasteiger partial charge in [0, 0.05) is 49.6 Å². The molecule has 1 amide bonds. The quantitative estimate of drug-likeness (QED) is 0.555. The fourth-order valence-electron chi connectivity index (χ4n) is 5.22. The van der Waals surface area contributed by atoms with Gasteiger partial charge in [0.15, 0.2) is 0 Å². The SMILES string of the molecule is CO[C@](C)(C(=O)N1CCc2cc(-c3cnc4[nH]cc(C)c4c3)cc(C3CCCN3)c2C1)C(F)(F)F. The summed E-state index contributed by atoms with van der Waals surface area (Å²) in [6, 6.07) is 6.42. The Morgan fingerprint density at radius 3 is 2.71 bits per heavy atom. The third-order valence-electron chi connectivity index (χ3n) is 7.53. The number of hydrogen-bond donors (Lipinski definition) is 2. The molecule has 35 heavy (non-hydrogen) atoms. The number of ether oxygens (including phenoxy) is 1. The zero-order valence-electron chi connectivity index (χ0n) is 20.1. The minimum Gasteiger partial charge on any atom is -0.361 e. The van der Waals surface area contributed by atoms with Crippen LogP contribution in [0, 0.1) is 6.92 Å². The molecule has 1 aromatic carbocycles. The van der Waals surface area contributed by atoms with E-state index < -0.39 is 17.7 Å². The first-order valence-corrected chi connectivity index (χ1v) is 11.9. The number of methoxy groups -OCH3 is 1. The highest BCUT2D eigenvalue weighted by molar-refractivity contribution is 5.87. The molecular formula is C26H29F3N4O2. The van der Waals surface area contributed by atoms with Crippen LogP contribution < -0.4 is 5.32 Å². The normalized spacial score (nSPS) is 20.2. The molecule has 2 atom stereocenters. The highest BCUT2D eigenvalue weighted by Crippen LogP contribution is 2.39. The fraction of sp³-hybridized carbons (Fsp3) is 0.462. The molecule has 2 aliphatic heterocycles. The molecule has 2 aromatic heterocycles. The number of amides is 1. The van der Waals surface area contributed by atoms with Gasteiger partial charge in [0.05, 0.1) is 0 Å². The Morgan fingerprint density at radius 1 is 1.23 bits per heavy atom. The summed E-state index contributed by atoms with van der Waals surface area (Å²) in [6.45, 7) is 4.06. The number of aromatic nitrogens is 2. The topological polar surface area (TPSA) is 70.2 Å². The number of H-pyrrole nitrogens is 1. The number of alkyl halides is 3. The second-order valence-electron chi connectivity index (χ2n) is 9.66. The lowest BCUT2D eigenvalue weighted by Crippen LogP contribution is -2.58. The average Bonchev–Trinajstić information content (AvgIpc) is 3.51. The summed E-state index contributed by atoms with van der Waals surface area (Å²) in [5.74, 6) is -1.05. The Kier molecular flexibility index (Phi) is 5.88. The molecule has 0 aliphatic carbocycles. The Balaban J connectivity index is 1.55. The maximum atomic E-state index is 13.7. The number of pyridine rings is 1. The van der Waals surface area contributed by atoms with E-state index in [-0.39, 0.29) is 19.1 Å². The number of carbonyl (C=O) groups is 1. The third-order valence-corrected chi connectivity index (χ3v) is 7.53. The van der Waals surface area contributed by atoms with E-state index in [1.165, 1.54) is 4.90 Å². The molecule has 1 fully saturated rings. The zero-order chi connectivity index (χ0) is 25.0. The predicted octanol–water partition coefficient (Wildman–Crippen LogP) is 4.81. The highest BCUT2D eigenvalue weighted by atomic mass is 19.4. The smallest absolute Gasteiger partial charge is 0.361 e. The van der Waals surface area contributed by atoms with Crippen LogP contribution in [0.15, 0.2) is 30.6 Å². The highest BCUT2D eigenvalue weighted by Gasteiger charge is 2.59. The van der Waals surface area contributed by atoms with Crippen LogP contribution in [-0.4, -0.2) is 52.8 Å². The monoisotopic (exact) mass is 486 g/mol. The van der Waals surface area contributed by atoms with Crippen molar-refractivity contribution in [1.29, 1.82) is 0 Å². The summed E-state index contributed by atoms with van der Waals surface area (Å²) in [5.41, 5.74) is 4.14. The number of hydrogen-bond acceptors (Lipinski definition) is 4. The van der Waals surface area contributed by atoms with Crippen LogP contribution >= 0.6 is 0 Å². The van der Waals surface area contributed by atoms with E-state index in [2.05, 4.69) is 33.5 Å². The van der Waals surface area contributed by atoms with E-state index in [0.717, 1.165) is 77.8 Å². The maximum Gasteiger partial charge on any atom is 0.426 e. The van der Waals surface area contributed by atoms with Crippen molar-refractivity contribution in [2.75, 3.05) is 20.2 Å². The van der Waals surface area contributed by atoms with Gasteiger partial charge in [-0.25, -0.2) is 4.98 Å². The third kappa shape index (κ3) is 4.00. The summed E-state index contributed by atoms with van der Waals surface area (Å²) in [4.78, 5) is 22.0. The molecule has 0 saturated carbocycles. The summed E-state index contributed by atoms with van der Waals surface area (Å²) in [6.07, 6.45) is 1.42. The van der Waals surface area contributed by atoms with Crippen LogP contribution in [-0.2, 0) is 22.5 Å². The molecule has 0 radical (unpaired) electrons. The second-order valence-corrected chi connectivity index (χ2v) is 9.66. The van der Waals surface area contributed by atoms with Crippen LogP contribution in [0.2, 0.25) is 0 Å². The molecule has 4 heterocycles. The molecule has 1 saturated heterocycles. The lowest BCUT2D eigenvalue weighted by molar-refractivity contribution is -0.258. The predicted molar refractivity (Wildman–Crippen MR) is 127 cm³/mol. The molecule has 186 valence electrons. The van der Waals surface area contributed by atoms with E-state index in [1.54, 1.807) is 0 Å². The average molecular weight is 487 g/mol. The molecule has 9 heteroatoms. The number of aromatic amines is 1. The number of nitrogens with zero attached hydrogens (tertiary/aromatic N) is 2. The number of rotatable bonds is 4. The standard InChI is InChI=1S/C26H29F3N4O2/c1-15-12-31-23-19(15)11-18(13-32-23)17-9-16-6-8-33(24(34)25(2,35-3)26(27,28)29)14-21(16)20(10-17)22-5-4-7-30-22/h9-13,22,30H,4-8,14H2,1-3H3,(H,31,32)/t22?,25-/m1/s1. The van der Waals surface area contributed by atoms with Crippen molar-refractivity contribution in [1.82, 2.24) is 20.2 Å². The van der Waals surface area contributed by atoms with Crippen molar-refractivity contribution in [3.63, 3.8) is 0 Å². The van der Waals surface area contributed by atoms with E-state index >= 15 is 0 Å². The first-order chi connectivity index (χ1) is 16.6. The van der Waals surface area contributed by atoms with Gasteiger partial charge in [-0.2, -0.15) is 13.2 Å². The number of aryl methyl sites for hydroxylation is 1. The van der Waals surface area contributed by atoms with Gasteiger partial charge in [0.25, 0.3) is 5.91 Å². The fourth-order valence-corrected chi connectivity index (χ4v) is 5.22. The summed E-state index contributed by atoms with van der Waals surface area (Å²) >= 11 is 0. The van der Waals surface area contributed by atoms with Crippen molar-refractivity contribution in [2.45, 2.75) is 57.5 Å². The zero-order valence-corrected chi connectivity index (χ0v) is 20.1. The molecule has 0 spiro atoms. The number of nitrogens with one attached hydrogen (secondary N) is 2. The molecule has 3 aromatic rings. The lowest BCUT2D eigenvalue weighted by atomic mass is 9.86. The maximum absolute atomic E-state index is 13.7. The summed E-state index contributed by atoms with van der Waals surface area (Å²) in [7, 11) is 0.931. The summed E-state index contributed by atoms with van der Waals surface area (Å²) in [5, 5.41) is 4.58. The number of carbonyl (C=O) groups excluding carboxylic acids is 1. The lowest BCUT2D eigenvalue weighted by Gasteiger charge is -2.38. The van der Waals surface area contributed by atoms with Gasteiger partial charge in [0.1, 0.15) is 5.65 Å². The van der Waals surface area contributed by atoms with Crippen molar-refractivity contribution < 1.29 is 22.7 Å². The first-order valence-electron chi connectivity index (χ1n) is 11.9. The van der Waals surface area contributed by atoms with Crippen molar-refractivity contribution >= 4 is 16.9 Å². The summed E-state index contributed by atoms with van der Waals surface area (Å²) < 4.78 is 45.8. The minimum absolute atomic E-state index is 0.0980. The van der Waals surface area contributed by atoms with Crippen molar-refractivity contribution in [2.24, 2.45) is 0 Å². The number of fused-ring (bicyclic) bond motifs is 2. The minimum atomic E-state index is -4.80. The first kappa shape index (κ1) is 23.8. The van der Waals surface area contributed by atoms with Crippen LogP contribution in [0.3, 0.4) is 0 Å². The van der Waals surface area contributed by atoms with Gasteiger partial charge in [-0.05, 0) is 79.6 Å². The molecule has 5 rings (SSSR count). The van der Waals surface area contributed by atoms with Crippen molar-refractivity contribution in [3.8, 4) is 11.1 Å². The van der Waals surface area contributed by atoms with Gasteiger partial charge in [-0.1, -0.05) is 6.07 Å². The van der Waals surface area contributed by atoms with Crippen LogP contribution in [0.1, 0.15) is 48.1 Å². The Morgan fingerprint density at radius 2 is 2.03 bits per heavy atom. The van der Waals surface area contributed by atoms with Gasteiger partial charge >= 0.3 is 6.18 Å². The van der Waals surface area contributed by atoms with Crippen molar-refractivity contribution in [3.05, 3.63) is 52.8 Å². The van der Waals surface area contributed by atoms with E-state index in [0.29, 0.717) is 6.42 Å². The Bertz CT molecular complexity index is 1280. The van der Waals surface area contributed by atoms with Crippen LogP contribution in [0.4, 0.5) is 13.2 Å². The van der Waals surface area contributed by atoms with Gasteiger partial charge in [0.2, 0.25) is 5.60 Å².